The fourth-order valence-corrected chi connectivity index (χ4v) is 4.18. The molecule has 1 aliphatic rings. The lowest BCUT2D eigenvalue weighted by Gasteiger charge is -2.17. The lowest BCUT2D eigenvalue weighted by molar-refractivity contribution is 0.305. The van der Waals surface area contributed by atoms with Gasteiger partial charge >= 0.3 is 0 Å². The van der Waals surface area contributed by atoms with Gasteiger partial charge in [0, 0.05) is 0 Å². The van der Waals surface area contributed by atoms with Gasteiger partial charge < -0.3 is 4.74 Å². The summed E-state index contributed by atoms with van der Waals surface area (Å²) in [5, 5.41) is 4.41. The molecule has 0 saturated carbocycles. The van der Waals surface area contributed by atoms with Crippen molar-refractivity contribution in [2.45, 2.75) is 13.2 Å². The van der Waals surface area contributed by atoms with Gasteiger partial charge in [0.15, 0.2) is 5.15 Å². The fraction of sp³-hybridized carbons (Fsp3) is 0.167. The molecule has 1 N–H and O–H groups in total. The van der Waals surface area contributed by atoms with E-state index in [0.29, 0.717) is 22.7 Å². The van der Waals surface area contributed by atoms with Gasteiger partial charge in [-0.05, 0) is 35.4 Å². The van der Waals surface area contributed by atoms with Gasteiger partial charge in [-0.2, -0.15) is 5.10 Å². The fourth-order valence-electron chi connectivity index (χ4n) is 2.87. The van der Waals surface area contributed by atoms with Crippen LogP contribution in [0.5, 0.6) is 5.75 Å². The van der Waals surface area contributed by atoms with E-state index in [0.717, 1.165) is 5.56 Å². The highest BCUT2D eigenvalue weighted by molar-refractivity contribution is 7.92. The van der Waals surface area contributed by atoms with Gasteiger partial charge in [0.05, 0.1) is 17.9 Å². The van der Waals surface area contributed by atoms with Crippen LogP contribution in [0.1, 0.15) is 5.56 Å². The molecule has 0 fully saturated rings. The molecule has 27 heavy (non-hydrogen) atoms. The number of aryl methyl sites for hydroxylation is 1. The Morgan fingerprint density at radius 2 is 2.00 bits per heavy atom. The van der Waals surface area contributed by atoms with Crippen LogP contribution in [-0.4, -0.2) is 24.0 Å². The van der Waals surface area contributed by atoms with Crippen LogP contribution in [0.15, 0.2) is 48.5 Å². The van der Waals surface area contributed by atoms with Crippen LogP contribution in [0.3, 0.4) is 0 Å². The molecule has 0 atom stereocenters. The van der Waals surface area contributed by atoms with Crippen molar-refractivity contribution < 1.29 is 17.5 Å². The lowest BCUT2D eigenvalue weighted by atomic mass is 10.1. The van der Waals surface area contributed by atoms with E-state index in [1.165, 1.54) is 12.1 Å². The maximum Gasteiger partial charge on any atom is 0.235 e. The zero-order valence-corrected chi connectivity index (χ0v) is 15.6. The second-order valence-electron chi connectivity index (χ2n) is 6.10. The van der Waals surface area contributed by atoms with E-state index in [4.69, 9.17) is 16.3 Å². The molecule has 140 valence electrons. The molecule has 1 aliphatic heterocycles. The molecule has 1 aromatic heterocycles. The van der Waals surface area contributed by atoms with Gasteiger partial charge in [-0.25, -0.2) is 17.5 Å². The highest BCUT2D eigenvalue weighted by atomic mass is 35.5. The summed E-state index contributed by atoms with van der Waals surface area (Å²) in [4.78, 5) is 0. The van der Waals surface area contributed by atoms with E-state index in [1.54, 1.807) is 41.1 Å². The Morgan fingerprint density at radius 1 is 1.22 bits per heavy atom. The molecule has 2 heterocycles. The van der Waals surface area contributed by atoms with Crippen molar-refractivity contribution in [1.29, 1.82) is 0 Å². The zero-order valence-electron chi connectivity index (χ0n) is 14.0. The number of benzene rings is 2. The van der Waals surface area contributed by atoms with E-state index < -0.39 is 10.0 Å². The maximum absolute atomic E-state index is 13.2. The Hall–Kier alpha value is -2.58. The van der Waals surface area contributed by atoms with Gasteiger partial charge in [-0.1, -0.05) is 35.9 Å². The number of hydrogen-bond acceptors (Lipinski definition) is 4. The summed E-state index contributed by atoms with van der Waals surface area (Å²) in [6, 6.07) is 13.2. The van der Waals surface area contributed by atoms with Crippen LogP contribution in [0.25, 0.3) is 11.1 Å². The van der Waals surface area contributed by atoms with E-state index in [1.807, 2.05) is 0 Å². The quantitative estimate of drug-likeness (QED) is 0.716. The van der Waals surface area contributed by atoms with Crippen LogP contribution >= 0.6 is 11.6 Å². The second-order valence-corrected chi connectivity index (χ2v) is 8.30. The van der Waals surface area contributed by atoms with Gasteiger partial charge in [-0.3, -0.25) is 4.72 Å². The number of anilines is 1. The second kappa shape index (κ2) is 6.86. The van der Waals surface area contributed by atoms with Gasteiger partial charge in [0.1, 0.15) is 24.0 Å². The molecule has 0 radical (unpaired) electrons. The number of nitrogens with zero attached hydrogens (tertiary/aromatic N) is 2. The molecular formula is C18H15ClFN3O3S. The molecular weight excluding hydrogens is 393 g/mol. The van der Waals surface area contributed by atoms with E-state index >= 15 is 0 Å². The topological polar surface area (TPSA) is 73.2 Å². The number of nitrogens with one attached hydrogen (secondary N) is 1. The third-order valence-corrected chi connectivity index (χ3v) is 5.66. The molecule has 2 aromatic carbocycles. The maximum atomic E-state index is 13.2. The minimum Gasteiger partial charge on any atom is -0.489 e. The molecule has 0 aliphatic carbocycles. The lowest BCUT2D eigenvalue weighted by Crippen LogP contribution is -2.28. The number of ether oxygens (including phenoxy) is 1. The Bertz CT molecular complexity index is 1100. The Morgan fingerprint density at radius 3 is 2.74 bits per heavy atom. The summed E-state index contributed by atoms with van der Waals surface area (Å²) in [5.41, 5.74) is 1.96. The normalized spacial score (nSPS) is 15.0. The van der Waals surface area contributed by atoms with Crippen LogP contribution in [0, 0.1) is 5.82 Å². The van der Waals surface area contributed by atoms with E-state index in [-0.39, 0.29) is 29.9 Å². The average Bonchev–Trinajstić information content (AvgIpc) is 2.94. The predicted octanol–water partition coefficient (Wildman–Crippen LogP) is 3.68. The van der Waals surface area contributed by atoms with Crippen molar-refractivity contribution in [1.82, 2.24) is 9.78 Å². The number of fused-ring (bicyclic) bond motifs is 1. The minimum atomic E-state index is -3.39. The van der Waals surface area contributed by atoms with Crippen LogP contribution in [0.2, 0.25) is 5.15 Å². The molecule has 9 heteroatoms. The van der Waals surface area contributed by atoms with Gasteiger partial charge in [0.25, 0.3) is 0 Å². The molecule has 3 aromatic rings. The van der Waals surface area contributed by atoms with Gasteiger partial charge in [0.2, 0.25) is 10.0 Å². The van der Waals surface area contributed by atoms with Crippen molar-refractivity contribution >= 4 is 27.4 Å². The zero-order chi connectivity index (χ0) is 19.0. The smallest absolute Gasteiger partial charge is 0.235 e. The van der Waals surface area contributed by atoms with E-state index in [9.17, 15) is 12.8 Å². The van der Waals surface area contributed by atoms with Gasteiger partial charge in [-0.15, -0.1) is 0 Å². The average molecular weight is 408 g/mol. The molecule has 0 unspecified atom stereocenters. The summed E-state index contributed by atoms with van der Waals surface area (Å²) in [7, 11) is -3.39. The Kier molecular flexibility index (Phi) is 4.53. The number of aromatic nitrogens is 2. The van der Waals surface area contributed by atoms with Crippen molar-refractivity contribution in [3.8, 4) is 16.9 Å². The molecule has 0 spiro atoms. The molecule has 0 saturated heterocycles. The minimum absolute atomic E-state index is 0.0374. The Labute approximate surface area is 160 Å². The van der Waals surface area contributed by atoms with Crippen molar-refractivity contribution in [3.63, 3.8) is 0 Å². The summed E-state index contributed by atoms with van der Waals surface area (Å²) in [6.07, 6.45) is 0. The van der Waals surface area contributed by atoms with Crippen LogP contribution < -0.4 is 9.46 Å². The van der Waals surface area contributed by atoms with Crippen molar-refractivity contribution in [2.24, 2.45) is 0 Å². The van der Waals surface area contributed by atoms with Crippen LogP contribution in [0.4, 0.5) is 10.2 Å². The molecule has 0 bridgehead atoms. The number of halogens is 2. The summed E-state index contributed by atoms with van der Waals surface area (Å²) in [5.74, 6) is 0.611. The predicted molar refractivity (Wildman–Crippen MR) is 101 cm³/mol. The summed E-state index contributed by atoms with van der Waals surface area (Å²) in [6.45, 7) is 0.486. The summed E-state index contributed by atoms with van der Waals surface area (Å²) >= 11 is 6.23. The van der Waals surface area contributed by atoms with E-state index in [2.05, 4.69) is 9.82 Å². The van der Waals surface area contributed by atoms with Crippen molar-refractivity contribution in [3.05, 3.63) is 65.1 Å². The first-order valence-electron chi connectivity index (χ1n) is 8.16. The SMILES string of the molecule is O=S1(=O)CCn2nc(Cl)c(-c3ccc(OCc4cccc(F)c4)cc3)c2N1. The van der Waals surface area contributed by atoms with Crippen LogP contribution in [-0.2, 0) is 23.2 Å². The largest absolute Gasteiger partial charge is 0.489 e. The first-order valence-corrected chi connectivity index (χ1v) is 10.2. The Balaban J connectivity index is 1.56. The first kappa shape index (κ1) is 17.8. The molecule has 4 rings (SSSR count). The third kappa shape index (κ3) is 3.77. The number of hydrogen-bond donors (Lipinski definition) is 1. The molecule has 6 nitrogen and oxygen atoms in total. The highest BCUT2D eigenvalue weighted by Gasteiger charge is 2.27. The first-order chi connectivity index (χ1) is 12.9. The summed E-state index contributed by atoms with van der Waals surface area (Å²) < 4.78 is 46.7. The number of rotatable bonds is 4. The monoisotopic (exact) mass is 407 g/mol. The standard InChI is InChI=1S/C18H15ClFN3O3S/c19-17-16(18-22-27(24,25)9-8-23(18)21-17)13-4-6-15(7-5-13)26-11-12-2-1-3-14(20)10-12/h1-7,10,22H,8-9,11H2. The molecule has 0 amide bonds. The highest BCUT2D eigenvalue weighted by Crippen LogP contribution is 2.37. The third-order valence-electron chi connectivity index (χ3n) is 4.17. The van der Waals surface area contributed by atoms with Crippen molar-refractivity contribution in [2.75, 3.05) is 10.5 Å². The number of sulfonamides is 1.